The number of benzene rings is 2. The van der Waals surface area contributed by atoms with E-state index in [0.717, 1.165) is 22.3 Å². The normalized spacial score (nSPS) is 10.8. The fraction of sp³-hybridized carbons (Fsp3) is 0.118. The predicted octanol–water partition coefficient (Wildman–Crippen LogP) is 4.07. The number of hydrogen-bond donors (Lipinski definition) is 2. The lowest BCUT2D eigenvalue weighted by atomic mass is 10.3. The van der Waals surface area contributed by atoms with Crippen molar-refractivity contribution in [2.75, 3.05) is 17.6 Å². The van der Waals surface area contributed by atoms with Crippen molar-refractivity contribution < 1.29 is 18.4 Å². The second-order valence-corrected chi connectivity index (χ2v) is 8.02. The summed E-state index contributed by atoms with van der Waals surface area (Å²) >= 11 is 8.61. The fourth-order valence-electron chi connectivity index (χ4n) is 2.08. The summed E-state index contributed by atoms with van der Waals surface area (Å²) < 4.78 is 27.6. The lowest BCUT2D eigenvalue weighted by molar-refractivity contribution is -0.122. The quantitative estimate of drug-likeness (QED) is 0.581. The van der Waals surface area contributed by atoms with Gasteiger partial charge in [0.25, 0.3) is 0 Å². The molecule has 0 saturated carbocycles. The van der Waals surface area contributed by atoms with Crippen molar-refractivity contribution in [3.05, 3.63) is 53.1 Å². The Morgan fingerprint density at radius 1 is 1.11 bits per heavy atom. The average molecular weight is 428 g/mol. The number of fused-ring (bicyclic) bond motifs is 1. The molecule has 0 fully saturated rings. The highest BCUT2D eigenvalue weighted by Gasteiger charge is 2.10. The number of thiazole rings is 1. The number of nitrogens with one attached hydrogen (secondary N) is 2. The van der Waals surface area contributed by atoms with Gasteiger partial charge in [-0.3, -0.25) is 9.59 Å². The third kappa shape index (κ3) is 5.38. The summed E-state index contributed by atoms with van der Waals surface area (Å²) in [4.78, 5) is 28.0. The van der Waals surface area contributed by atoms with Gasteiger partial charge in [-0.2, -0.15) is 0 Å². The Kier molecular flexibility index (Phi) is 6.25. The Balaban J connectivity index is 1.45. The molecule has 2 amide bonds. The van der Waals surface area contributed by atoms with E-state index >= 15 is 0 Å². The summed E-state index contributed by atoms with van der Waals surface area (Å²) in [5.41, 5.74) is 0.872. The van der Waals surface area contributed by atoms with Crippen LogP contribution in [0.15, 0.2) is 40.7 Å². The molecule has 2 N–H and O–H groups in total. The largest absolute Gasteiger partial charge is 0.346 e. The van der Waals surface area contributed by atoms with E-state index in [0.29, 0.717) is 9.36 Å². The van der Waals surface area contributed by atoms with Gasteiger partial charge in [-0.25, -0.2) is 13.8 Å². The van der Waals surface area contributed by atoms with Gasteiger partial charge >= 0.3 is 0 Å². The predicted molar refractivity (Wildman–Crippen MR) is 103 cm³/mol. The molecule has 0 aliphatic carbocycles. The molecule has 3 aromatic rings. The van der Waals surface area contributed by atoms with Gasteiger partial charge in [-0.1, -0.05) is 23.4 Å². The van der Waals surface area contributed by atoms with E-state index < -0.39 is 17.5 Å². The lowest BCUT2D eigenvalue weighted by Gasteiger charge is -2.07. The third-order valence-electron chi connectivity index (χ3n) is 3.31. The molecule has 0 aliphatic rings. The van der Waals surface area contributed by atoms with Crippen LogP contribution in [0.4, 0.5) is 14.5 Å². The zero-order valence-electron chi connectivity index (χ0n) is 13.6. The SMILES string of the molecule is O=C(CSc1nc2cc(Cl)ccc2s1)NCC(=O)Nc1ccc(F)c(F)c1. The summed E-state index contributed by atoms with van der Waals surface area (Å²) in [6.45, 7) is -0.284. The summed E-state index contributed by atoms with van der Waals surface area (Å²) in [7, 11) is 0. The molecule has 2 aromatic carbocycles. The number of halogens is 3. The molecule has 0 unspecified atom stereocenters. The molecule has 140 valence electrons. The average Bonchev–Trinajstić information content (AvgIpc) is 3.03. The Morgan fingerprint density at radius 2 is 1.93 bits per heavy atom. The Labute approximate surface area is 166 Å². The Morgan fingerprint density at radius 3 is 2.70 bits per heavy atom. The van der Waals surface area contributed by atoms with Crippen molar-refractivity contribution in [2.45, 2.75) is 4.34 Å². The van der Waals surface area contributed by atoms with Gasteiger partial charge in [0.15, 0.2) is 16.0 Å². The van der Waals surface area contributed by atoms with Crippen LogP contribution in [-0.4, -0.2) is 29.1 Å². The van der Waals surface area contributed by atoms with Crippen molar-refractivity contribution in [3.8, 4) is 0 Å². The van der Waals surface area contributed by atoms with E-state index in [9.17, 15) is 18.4 Å². The van der Waals surface area contributed by atoms with Gasteiger partial charge in [0, 0.05) is 16.8 Å². The maximum atomic E-state index is 13.1. The molecule has 5 nitrogen and oxygen atoms in total. The summed E-state index contributed by atoms with van der Waals surface area (Å²) in [6.07, 6.45) is 0. The molecular formula is C17H12ClF2N3O2S2. The van der Waals surface area contributed by atoms with Gasteiger partial charge in [0.2, 0.25) is 11.8 Å². The van der Waals surface area contributed by atoms with Crippen molar-refractivity contribution in [1.82, 2.24) is 10.3 Å². The van der Waals surface area contributed by atoms with Gasteiger partial charge in [0.05, 0.1) is 22.5 Å². The highest BCUT2D eigenvalue weighted by Crippen LogP contribution is 2.30. The van der Waals surface area contributed by atoms with Crippen LogP contribution in [0.2, 0.25) is 5.02 Å². The van der Waals surface area contributed by atoms with Crippen LogP contribution in [0, 0.1) is 11.6 Å². The van der Waals surface area contributed by atoms with E-state index in [-0.39, 0.29) is 23.9 Å². The van der Waals surface area contributed by atoms with Gasteiger partial charge < -0.3 is 10.6 Å². The van der Waals surface area contributed by atoms with Crippen molar-refractivity contribution in [1.29, 1.82) is 0 Å². The maximum Gasteiger partial charge on any atom is 0.243 e. The second-order valence-electron chi connectivity index (χ2n) is 5.33. The smallest absolute Gasteiger partial charge is 0.243 e. The number of thioether (sulfide) groups is 1. The van der Waals surface area contributed by atoms with Crippen LogP contribution in [0.25, 0.3) is 10.2 Å². The molecule has 3 rings (SSSR count). The molecule has 1 heterocycles. The van der Waals surface area contributed by atoms with Crippen LogP contribution < -0.4 is 10.6 Å². The minimum atomic E-state index is -1.06. The first-order valence-corrected chi connectivity index (χ1v) is 9.79. The number of carbonyl (C=O) groups is 2. The summed E-state index contributed by atoms with van der Waals surface area (Å²) in [5, 5.41) is 5.42. The fourth-order valence-corrected chi connectivity index (χ4v) is 4.12. The molecule has 0 spiro atoms. The zero-order valence-corrected chi connectivity index (χ0v) is 16.0. The van der Waals surface area contributed by atoms with Crippen LogP contribution >= 0.6 is 34.7 Å². The van der Waals surface area contributed by atoms with Crippen LogP contribution in [0.3, 0.4) is 0 Å². The Bertz CT molecular complexity index is 1010. The number of amides is 2. The summed E-state index contributed by atoms with van der Waals surface area (Å²) in [6, 6.07) is 8.39. The number of rotatable bonds is 6. The van der Waals surface area contributed by atoms with E-state index in [1.807, 2.05) is 6.07 Å². The second kappa shape index (κ2) is 8.64. The van der Waals surface area contributed by atoms with Crippen molar-refractivity contribution >= 4 is 62.4 Å². The van der Waals surface area contributed by atoms with E-state index in [1.165, 1.54) is 29.2 Å². The maximum absolute atomic E-state index is 13.1. The topological polar surface area (TPSA) is 71.1 Å². The molecule has 1 aromatic heterocycles. The van der Waals surface area contributed by atoms with Crippen molar-refractivity contribution in [3.63, 3.8) is 0 Å². The summed E-state index contributed by atoms with van der Waals surface area (Å²) in [5.74, 6) is -2.88. The number of aromatic nitrogens is 1. The van der Waals surface area contributed by atoms with Crippen LogP contribution in [-0.2, 0) is 9.59 Å². The van der Waals surface area contributed by atoms with E-state index in [4.69, 9.17) is 11.6 Å². The zero-order chi connectivity index (χ0) is 19.4. The van der Waals surface area contributed by atoms with Gasteiger partial charge in [-0.15, -0.1) is 11.3 Å². The lowest BCUT2D eigenvalue weighted by Crippen LogP contribution is -2.33. The first kappa shape index (κ1) is 19.5. The van der Waals surface area contributed by atoms with Crippen molar-refractivity contribution in [2.24, 2.45) is 0 Å². The molecule has 0 atom stereocenters. The molecular weight excluding hydrogens is 416 g/mol. The van der Waals surface area contributed by atoms with E-state index in [2.05, 4.69) is 15.6 Å². The number of anilines is 1. The third-order valence-corrected chi connectivity index (χ3v) is 5.72. The molecule has 0 radical (unpaired) electrons. The minimum absolute atomic E-state index is 0.0893. The van der Waals surface area contributed by atoms with E-state index in [1.54, 1.807) is 12.1 Å². The number of hydrogen-bond acceptors (Lipinski definition) is 5. The van der Waals surface area contributed by atoms with Gasteiger partial charge in [-0.05, 0) is 30.3 Å². The molecule has 0 saturated heterocycles. The van der Waals surface area contributed by atoms with Crippen LogP contribution in [0.1, 0.15) is 0 Å². The Hall–Kier alpha value is -2.23. The monoisotopic (exact) mass is 427 g/mol. The number of carbonyl (C=O) groups excluding carboxylic acids is 2. The molecule has 0 aliphatic heterocycles. The number of nitrogens with zero attached hydrogens (tertiary/aromatic N) is 1. The molecule has 10 heteroatoms. The first-order chi connectivity index (χ1) is 12.9. The molecule has 27 heavy (non-hydrogen) atoms. The minimum Gasteiger partial charge on any atom is -0.346 e. The highest BCUT2D eigenvalue weighted by atomic mass is 35.5. The highest BCUT2D eigenvalue weighted by molar-refractivity contribution is 8.01. The van der Waals surface area contributed by atoms with Crippen LogP contribution in [0.5, 0.6) is 0 Å². The molecule has 0 bridgehead atoms. The standard InChI is InChI=1S/C17H12ClF2N3O2S2/c18-9-1-4-14-13(5-9)23-17(27-14)26-8-16(25)21-7-15(24)22-10-2-3-11(19)12(20)6-10/h1-6H,7-8H2,(H,21,25)(H,22,24). The van der Waals surface area contributed by atoms with Gasteiger partial charge in [0.1, 0.15) is 0 Å². The first-order valence-electron chi connectivity index (χ1n) is 7.61.